The summed E-state index contributed by atoms with van der Waals surface area (Å²) in [5.41, 5.74) is 3.73. The molecule has 142 valence electrons. The number of halogens is 1. The molecule has 0 aliphatic carbocycles. The maximum Gasteiger partial charge on any atom is 0.268 e. The molecule has 3 aromatic rings. The average Bonchev–Trinajstić information content (AvgIpc) is 3.08. The SMILES string of the molecule is CCCCC(NC(=O)c1cc2cc(Cl)ccc2[nH]1)c1ccc(N(C)C)cc1. The summed E-state index contributed by atoms with van der Waals surface area (Å²) >= 11 is 6.05. The quantitative estimate of drug-likeness (QED) is 0.562. The van der Waals surface area contributed by atoms with Crippen LogP contribution in [-0.4, -0.2) is 25.0 Å². The molecule has 4 nitrogen and oxygen atoms in total. The number of H-pyrrole nitrogens is 1. The standard InChI is InChI=1S/C22H26ClN3O/c1-4-5-6-19(15-7-10-18(11-8-15)26(2)3)25-22(27)21-14-16-13-17(23)9-12-20(16)24-21/h7-14,19,24H,4-6H2,1-3H3,(H,25,27). The van der Waals surface area contributed by atoms with Crippen molar-refractivity contribution in [1.29, 1.82) is 0 Å². The van der Waals surface area contributed by atoms with Crippen molar-refractivity contribution in [3.63, 3.8) is 0 Å². The first kappa shape index (κ1) is 19.3. The fourth-order valence-electron chi connectivity index (χ4n) is 3.20. The number of benzene rings is 2. The van der Waals surface area contributed by atoms with Crippen molar-refractivity contribution in [2.24, 2.45) is 0 Å². The number of anilines is 1. The molecule has 0 bridgehead atoms. The van der Waals surface area contributed by atoms with Gasteiger partial charge in [-0.05, 0) is 48.4 Å². The number of aromatic nitrogens is 1. The number of aromatic amines is 1. The van der Waals surface area contributed by atoms with E-state index in [0.717, 1.165) is 41.4 Å². The monoisotopic (exact) mass is 383 g/mol. The highest BCUT2D eigenvalue weighted by Gasteiger charge is 2.17. The summed E-state index contributed by atoms with van der Waals surface area (Å²) in [6.07, 6.45) is 3.06. The number of hydrogen-bond donors (Lipinski definition) is 2. The molecule has 2 N–H and O–H groups in total. The molecule has 3 rings (SSSR count). The van der Waals surface area contributed by atoms with E-state index < -0.39 is 0 Å². The van der Waals surface area contributed by atoms with Crippen molar-refractivity contribution >= 4 is 34.1 Å². The zero-order valence-corrected chi connectivity index (χ0v) is 16.8. The number of carbonyl (C=O) groups is 1. The Labute approximate surface area is 165 Å². The lowest BCUT2D eigenvalue weighted by atomic mass is 10.0. The topological polar surface area (TPSA) is 48.1 Å². The molecule has 1 atom stereocenters. The number of rotatable bonds is 7. The maximum absolute atomic E-state index is 12.8. The number of nitrogens with one attached hydrogen (secondary N) is 2. The highest BCUT2D eigenvalue weighted by Crippen LogP contribution is 2.24. The number of nitrogens with zero attached hydrogens (tertiary/aromatic N) is 1. The number of amides is 1. The molecule has 27 heavy (non-hydrogen) atoms. The van der Waals surface area contributed by atoms with Gasteiger partial charge in [-0.15, -0.1) is 0 Å². The summed E-state index contributed by atoms with van der Waals surface area (Å²) in [5.74, 6) is -0.0971. The molecule has 1 unspecified atom stereocenters. The Morgan fingerprint density at radius 3 is 2.56 bits per heavy atom. The smallest absolute Gasteiger partial charge is 0.268 e. The van der Waals surface area contributed by atoms with Gasteiger partial charge in [0.1, 0.15) is 5.69 Å². The third-order valence-electron chi connectivity index (χ3n) is 4.79. The van der Waals surface area contributed by atoms with Crippen molar-refractivity contribution in [2.75, 3.05) is 19.0 Å². The van der Waals surface area contributed by atoms with Crippen LogP contribution in [0, 0.1) is 0 Å². The molecular formula is C22H26ClN3O. The zero-order chi connectivity index (χ0) is 19.4. The van der Waals surface area contributed by atoms with E-state index in [1.54, 1.807) is 0 Å². The molecule has 0 saturated heterocycles. The fraction of sp³-hybridized carbons (Fsp3) is 0.318. The molecule has 0 aliphatic rings. The third kappa shape index (κ3) is 4.64. The van der Waals surface area contributed by atoms with Crippen molar-refractivity contribution in [3.8, 4) is 0 Å². The average molecular weight is 384 g/mol. The number of fused-ring (bicyclic) bond motifs is 1. The maximum atomic E-state index is 12.8. The van der Waals surface area contributed by atoms with Crippen LogP contribution in [0.5, 0.6) is 0 Å². The van der Waals surface area contributed by atoms with Crippen molar-refractivity contribution in [2.45, 2.75) is 32.2 Å². The second kappa shape index (κ2) is 8.49. The minimum absolute atomic E-state index is 0.0105. The molecule has 0 saturated carbocycles. The summed E-state index contributed by atoms with van der Waals surface area (Å²) in [6.45, 7) is 2.16. The summed E-state index contributed by atoms with van der Waals surface area (Å²) in [6, 6.07) is 15.8. The van der Waals surface area contributed by atoms with Crippen molar-refractivity contribution in [1.82, 2.24) is 10.3 Å². The van der Waals surface area contributed by atoms with E-state index >= 15 is 0 Å². The van der Waals surface area contributed by atoms with Gasteiger partial charge in [0.05, 0.1) is 6.04 Å². The molecule has 1 aromatic heterocycles. The van der Waals surface area contributed by atoms with Crippen LogP contribution >= 0.6 is 11.6 Å². The Morgan fingerprint density at radius 1 is 1.15 bits per heavy atom. The Bertz CT molecular complexity index is 915. The van der Waals surface area contributed by atoms with Gasteiger partial charge >= 0.3 is 0 Å². The van der Waals surface area contributed by atoms with Gasteiger partial charge in [-0.3, -0.25) is 4.79 Å². The van der Waals surface area contributed by atoms with E-state index in [1.807, 2.05) is 38.4 Å². The molecule has 0 fully saturated rings. The van der Waals surface area contributed by atoms with Crippen LogP contribution in [0.15, 0.2) is 48.5 Å². The normalized spacial score (nSPS) is 12.1. The van der Waals surface area contributed by atoms with E-state index in [-0.39, 0.29) is 11.9 Å². The fourth-order valence-corrected chi connectivity index (χ4v) is 3.38. The van der Waals surface area contributed by atoms with Crippen LogP contribution in [0.1, 0.15) is 48.3 Å². The Kier molecular flexibility index (Phi) is 6.07. The summed E-state index contributed by atoms with van der Waals surface area (Å²) in [7, 11) is 4.04. The van der Waals surface area contributed by atoms with Gasteiger partial charge in [0, 0.05) is 35.7 Å². The van der Waals surface area contributed by atoms with Gasteiger partial charge in [0.2, 0.25) is 0 Å². The van der Waals surface area contributed by atoms with Crippen LogP contribution in [0.2, 0.25) is 5.02 Å². The third-order valence-corrected chi connectivity index (χ3v) is 5.03. The van der Waals surface area contributed by atoms with Crippen LogP contribution < -0.4 is 10.2 Å². The zero-order valence-electron chi connectivity index (χ0n) is 16.1. The van der Waals surface area contributed by atoms with E-state index in [4.69, 9.17) is 11.6 Å². The Hall–Kier alpha value is -2.46. The molecule has 0 aliphatic heterocycles. The Morgan fingerprint density at radius 2 is 1.89 bits per heavy atom. The van der Waals surface area contributed by atoms with Gasteiger partial charge in [-0.25, -0.2) is 0 Å². The van der Waals surface area contributed by atoms with Crippen LogP contribution in [0.3, 0.4) is 0 Å². The van der Waals surface area contributed by atoms with Crippen molar-refractivity contribution in [3.05, 3.63) is 64.8 Å². The number of carbonyl (C=O) groups excluding carboxylic acids is 1. The predicted molar refractivity (Wildman–Crippen MR) is 114 cm³/mol. The molecule has 0 spiro atoms. The second-order valence-corrected chi connectivity index (χ2v) is 7.51. The second-order valence-electron chi connectivity index (χ2n) is 7.07. The summed E-state index contributed by atoms with van der Waals surface area (Å²) in [5, 5.41) is 4.79. The summed E-state index contributed by atoms with van der Waals surface area (Å²) in [4.78, 5) is 18.1. The van der Waals surface area contributed by atoms with Crippen LogP contribution in [0.25, 0.3) is 10.9 Å². The number of hydrogen-bond acceptors (Lipinski definition) is 2. The minimum Gasteiger partial charge on any atom is -0.378 e. The number of unbranched alkanes of at least 4 members (excludes halogenated alkanes) is 1. The van der Waals surface area contributed by atoms with Crippen molar-refractivity contribution < 1.29 is 4.79 Å². The predicted octanol–water partition coefficient (Wildman–Crippen LogP) is 5.55. The van der Waals surface area contributed by atoms with E-state index in [2.05, 4.69) is 46.4 Å². The van der Waals surface area contributed by atoms with Gasteiger partial charge in [-0.1, -0.05) is 43.5 Å². The van der Waals surface area contributed by atoms with Gasteiger partial charge in [0.25, 0.3) is 5.91 Å². The summed E-state index contributed by atoms with van der Waals surface area (Å²) < 4.78 is 0. The lowest BCUT2D eigenvalue weighted by molar-refractivity contribution is 0.0930. The van der Waals surface area contributed by atoms with E-state index in [1.165, 1.54) is 0 Å². The first-order chi connectivity index (χ1) is 13.0. The lowest BCUT2D eigenvalue weighted by Gasteiger charge is -2.20. The minimum atomic E-state index is -0.0971. The first-order valence-electron chi connectivity index (χ1n) is 9.34. The molecule has 2 aromatic carbocycles. The lowest BCUT2D eigenvalue weighted by Crippen LogP contribution is -2.28. The molecular weight excluding hydrogens is 358 g/mol. The highest BCUT2D eigenvalue weighted by atomic mass is 35.5. The Balaban J connectivity index is 1.80. The molecule has 5 heteroatoms. The van der Waals surface area contributed by atoms with E-state index in [0.29, 0.717) is 10.7 Å². The highest BCUT2D eigenvalue weighted by molar-refractivity contribution is 6.31. The largest absolute Gasteiger partial charge is 0.378 e. The molecule has 1 amide bonds. The van der Waals surface area contributed by atoms with Crippen LogP contribution in [0.4, 0.5) is 5.69 Å². The molecule has 0 radical (unpaired) electrons. The van der Waals surface area contributed by atoms with Gasteiger partial charge in [-0.2, -0.15) is 0 Å². The van der Waals surface area contributed by atoms with Gasteiger partial charge < -0.3 is 15.2 Å². The van der Waals surface area contributed by atoms with E-state index in [9.17, 15) is 4.79 Å². The van der Waals surface area contributed by atoms with Gasteiger partial charge in [0.15, 0.2) is 0 Å². The van der Waals surface area contributed by atoms with Crippen LogP contribution in [-0.2, 0) is 0 Å². The molecule has 1 heterocycles. The first-order valence-corrected chi connectivity index (χ1v) is 9.72.